The van der Waals surface area contributed by atoms with E-state index >= 15 is 0 Å². The number of aliphatic hydroxyl groups is 1. The van der Waals surface area contributed by atoms with Gasteiger partial charge in [0.05, 0.1) is 18.2 Å². The molecule has 0 aliphatic rings. The van der Waals surface area contributed by atoms with Crippen LogP contribution in [0.25, 0.3) is 0 Å². The fourth-order valence-corrected chi connectivity index (χ4v) is 1.43. The summed E-state index contributed by atoms with van der Waals surface area (Å²) in [6.45, 7) is 0.125. The molecule has 1 unspecified atom stereocenters. The van der Waals surface area contributed by atoms with Crippen molar-refractivity contribution in [3.05, 3.63) is 28.8 Å². The third kappa shape index (κ3) is 2.12. The highest BCUT2D eigenvalue weighted by Gasteiger charge is 2.14. The first-order valence-corrected chi connectivity index (χ1v) is 4.29. The van der Waals surface area contributed by atoms with Gasteiger partial charge < -0.3 is 15.6 Å². The smallest absolute Gasteiger partial charge is 0.126 e. The molecule has 0 aliphatic heterocycles. The molecule has 0 fully saturated rings. The Labute approximate surface area is 82.1 Å². The lowest BCUT2D eigenvalue weighted by Gasteiger charge is -2.14. The lowest BCUT2D eigenvalue weighted by molar-refractivity contribution is 0.182. The molecular weight excluding hydrogens is 190 g/mol. The number of aliphatic hydroxyl groups excluding tert-OH is 1. The highest BCUT2D eigenvalue weighted by atomic mass is 35.5. The van der Waals surface area contributed by atoms with Gasteiger partial charge in [0.1, 0.15) is 5.75 Å². The van der Waals surface area contributed by atoms with E-state index in [1.165, 1.54) is 7.11 Å². The molecule has 0 amide bonds. The van der Waals surface area contributed by atoms with Crippen molar-refractivity contribution >= 4 is 11.6 Å². The van der Waals surface area contributed by atoms with Gasteiger partial charge in [0.25, 0.3) is 0 Å². The van der Waals surface area contributed by atoms with E-state index in [1.54, 1.807) is 18.2 Å². The van der Waals surface area contributed by atoms with Crippen LogP contribution in [0.2, 0.25) is 5.02 Å². The van der Waals surface area contributed by atoms with Crippen molar-refractivity contribution in [1.29, 1.82) is 0 Å². The Kier molecular flexibility index (Phi) is 3.54. The van der Waals surface area contributed by atoms with Gasteiger partial charge in [-0.25, -0.2) is 0 Å². The Hall–Kier alpha value is -0.770. The van der Waals surface area contributed by atoms with Crippen LogP contribution in [0.4, 0.5) is 0 Å². The normalized spacial score (nSPS) is 12.6. The standard InChI is InChI=1S/C9H12ClNO2/c1-13-8-4-2-3-6(10)9(8)7(12)5-11/h2-4,7,12H,5,11H2,1H3. The van der Waals surface area contributed by atoms with E-state index < -0.39 is 6.10 Å². The average Bonchev–Trinajstić information content (AvgIpc) is 2.16. The summed E-state index contributed by atoms with van der Waals surface area (Å²) in [6.07, 6.45) is -0.774. The Morgan fingerprint density at radius 1 is 1.62 bits per heavy atom. The Bertz CT molecular complexity index is 291. The molecule has 0 radical (unpaired) electrons. The molecule has 0 saturated carbocycles. The minimum atomic E-state index is -0.774. The first-order chi connectivity index (χ1) is 6.20. The van der Waals surface area contributed by atoms with Crippen LogP contribution in [0.15, 0.2) is 18.2 Å². The van der Waals surface area contributed by atoms with E-state index in [0.29, 0.717) is 16.3 Å². The molecule has 1 rings (SSSR count). The second-order valence-corrected chi connectivity index (χ2v) is 3.01. The lowest BCUT2D eigenvalue weighted by atomic mass is 10.1. The van der Waals surface area contributed by atoms with Crippen molar-refractivity contribution < 1.29 is 9.84 Å². The molecule has 0 spiro atoms. The minimum absolute atomic E-state index is 0.125. The van der Waals surface area contributed by atoms with Crippen LogP contribution < -0.4 is 10.5 Å². The predicted molar refractivity (Wildman–Crippen MR) is 52.0 cm³/mol. The second kappa shape index (κ2) is 4.46. The molecule has 1 aromatic carbocycles. The number of methoxy groups -OCH3 is 1. The zero-order chi connectivity index (χ0) is 9.84. The number of halogens is 1. The molecule has 0 aliphatic carbocycles. The SMILES string of the molecule is COc1cccc(Cl)c1C(O)CN. The van der Waals surface area contributed by atoms with Crippen LogP contribution in [-0.2, 0) is 0 Å². The zero-order valence-corrected chi connectivity index (χ0v) is 8.08. The lowest BCUT2D eigenvalue weighted by Crippen LogP contribution is -2.13. The van der Waals surface area contributed by atoms with Crippen LogP contribution in [0.5, 0.6) is 5.75 Å². The maximum Gasteiger partial charge on any atom is 0.126 e. The highest BCUT2D eigenvalue weighted by molar-refractivity contribution is 6.31. The van der Waals surface area contributed by atoms with Crippen LogP contribution in [-0.4, -0.2) is 18.8 Å². The molecule has 0 bridgehead atoms. The second-order valence-electron chi connectivity index (χ2n) is 2.61. The number of hydrogen-bond acceptors (Lipinski definition) is 3. The third-order valence-electron chi connectivity index (χ3n) is 1.79. The number of hydrogen-bond donors (Lipinski definition) is 2. The van der Waals surface area contributed by atoms with E-state index in [9.17, 15) is 5.11 Å². The summed E-state index contributed by atoms with van der Waals surface area (Å²) in [5.41, 5.74) is 5.88. The van der Waals surface area contributed by atoms with Crippen molar-refractivity contribution in [1.82, 2.24) is 0 Å². The van der Waals surface area contributed by atoms with Gasteiger partial charge in [-0.15, -0.1) is 0 Å². The van der Waals surface area contributed by atoms with Crippen LogP contribution in [0, 0.1) is 0 Å². The molecular formula is C9H12ClNO2. The van der Waals surface area contributed by atoms with Gasteiger partial charge in [0.15, 0.2) is 0 Å². The van der Waals surface area contributed by atoms with Gasteiger partial charge in [-0.1, -0.05) is 17.7 Å². The molecule has 4 heteroatoms. The molecule has 3 N–H and O–H groups in total. The van der Waals surface area contributed by atoms with Gasteiger partial charge in [-0.3, -0.25) is 0 Å². The highest BCUT2D eigenvalue weighted by Crippen LogP contribution is 2.31. The van der Waals surface area contributed by atoms with Gasteiger partial charge in [-0.2, -0.15) is 0 Å². The maximum atomic E-state index is 9.53. The summed E-state index contributed by atoms with van der Waals surface area (Å²) < 4.78 is 5.05. The van der Waals surface area contributed by atoms with Gasteiger partial charge >= 0.3 is 0 Å². The van der Waals surface area contributed by atoms with Gasteiger partial charge in [0.2, 0.25) is 0 Å². The van der Waals surface area contributed by atoms with Crippen molar-refractivity contribution in [3.63, 3.8) is 0 Å². The largest absolute Gasteiger partial charge is 0.496 e. The number of rotatable bonds is 3. The molecule has 3 nitrogen and oxygen atoms in total. The van der Waals surface area contributed by atoms with E-state index in [2.05, 4.69) is 0 Å². The quantitative estimate of drug-likeness (QED) is 0.776. The zero-order valence-electron chi connectivity index (χ0n) is 7.33. The first kappa shape index (κ1) is 10.3. The van der Waals surface area contributed by atoms with E-state index in [4.69, 9.17) is 22.1 Å². The molecule has 72 valence electrons. The maximum absolute atomic E-state index is 9.53. The first-order valence-electron chi connectivity index (χ1n) is 3.91. The summed E-state index contributed by atoms with van der Waals surface area (Å²) in [5.74, 6) is 0.561. The van der Waals surface area contributed by atoms with Crippen LogP contribution >= 0.6 is 11.6 Å². The Morgan fingerprint density at radius 3 is 2.85 bits per heavy atom. The molecule has 0 saturated heterocycles. The minimum Gasteiger partial charge on any atom is -0.496 e. The van der Waals surface area contributed by atoms with Crippen molar-refractivity contribution in [2.75, 3.05) is 13.7 Å². The van der Waals surface area contributed by atoms with Crippen molar-refractivity contribution in [3.8, 4) is 5.75 Å². The molecule has 1 aromatic rings. The van der Waals surface area contributed by atoms with Crippen LogP contribution in [0.1, 0.15) is 11.7 Å². The van der Waals surface area contributed by atoms with Crippen LogP contribution in [0.3, 0.4) is 0 Å². The molecule has 1 atom stereocenters. The summed E-state index contributed by atoms with van der Waals surface area (Å²) >= 11 is 5.89. The number of benzene rings is 1. The topological polar surface area (TPSA) is 55.5 Å². The van der Waals surface area contributed by atoms with E-state index in [1.807, 2.05) is 0 Å². The van der Waals surface area contributed by atoms with Crippen molar-refractivity contribution in [2.24, 2.45) is 5.73 Å². The summed E-state index contributed by atoms with van der Waals surface area (Å²) in [4.78, 5) is 0. The molecule has 0 aromatic heterocycles. The monoisotopic (exact) mass is 201 g/mol. The average molecular weight is 202 g/mol. The Balaban J connectivity index is 3.14. The number of nitrogens with two attached hydrogens (primary N) is 1. The summed E-state index contributed by atoms with van der Waals surface area (Å²) in [6, 6.07) is 5.19. The summed E-state index contributed by atoms with van der Waals surface area (Å²) in [7, 11) is 1.53. The fraction of sp³-hybridized carbons (Fsp3) is 0.333. The van der Waals surface area contributed by atoms with E-state index in [0.717, 1.165) is 0 Å². The molecule has 13 heavy (non-hydrogen) atoms. The fourth-order valence-electron chi connectivity index (χ4n) is 1.14. The van der Waals surface area contributed by atoms with E-state index in [-0.39, 0.29) is 6.54 Å². The third-order valence-corrected chi connectivity index (χ3v) is 2.12. The Morgan fingerprint density at radius 2 is 2.31 bits per heavy atom. The summed E-state index contributed by atoms with van der Waals surface area (Å²) in [5, 5.41) is 10.0. The van der Waals surface area contributed by atoms with Gasteiger partial charge in [0, 0.05) is 12.1 Å². The predicted octanol–water partition coefficient (Wildman–Crippen LogP) is 1.34. The van der Waals surface area contributed by atoms with Crippen molar-refractivity contribution in [2.45, 2.75) is 6.10 Å². The molecule has 0 heterocycles. The van der Waals surface area contributed by atoms with Gasteiger partial charge in [-0.05, 0) is 12.1 Å². The number of ether oxygens (including phenoxy) is 1.